The summed E-state index contributed by atoms with van der Waals surface area (Å²) in [6.07, 6.45) is 0. The Bertz CT molecular complexity index is 1000. The molecule has 31 heavy (non-hydrogen) atoms. The molecule has 10 heteroatoms. The van der Waals surface area contributed by atoms with Gasteiger partial charge in [0.15, 0.2) is 0 Å². The zero-order chi connectivity index (χ0) is 22.8. The van der Waals surface area contributed by atoms with Crippen molar-refractivity contribution in [2.45, 2.75) is 25.6 Å². The molecule has 1 N–H and O–H groups in total. The van der Waals surface area contributed by atoms with E-state index >= 15 is 0 Å². The standard InChI is InChI=1S/C21H20BrF2N3O4/c1-21(14-4-3-5-15(22)10-14)18(29)27(20(30)25-21)12-17(28)26(2)11-13-6-8-16(9-7-13)31-19(23)24/h3-10,19H,11-12H2,1-2H3,(H,25,30). The number of benzene rings is 2. The summed E-state index contributed by atoms with van der Waals surface area (Å²) >= 11 is 3.35. The number of halogens is 3. The van der Waals surface area contributed by atoms with Gasteiger partial charge in [0.05, 0.1) is 0 Å². The van der Waals surface area contributed by atoms with Crippen molar-refractivity contribution in [3.05, 3.63) is 64.1 Å². The molecule has 2 aromatic carbocycles. The Labute approximate surface area is 186 Å². The van der Waals surface area contributed by atoms with E-state index in [2.05, 4.69) is 26.0 Å². The third kappa shape index (κ3) is 5.01. The Hall–Kier alpha value is -3.01. The number of alkyl halides is 2. The van der Waals surface area contributed by atoms with Gasteiger partial charge in [-0.2, -0.15) is 8.78 Å². The molecule has 1 fully saturated rings. The highest BCUT2D eigenvalue weighted by Crippen LogP contribution is 2.30. The fourth-order valence-electron chi connectivity index (χ4n) is 3.23. The van der Waals surface area contributed by atoms with E-state index < -0.39 is 36.5 Å². The lowest BCUT2D eigenvalue weighted by Crippen LogP contribution is -2.43. The van der Waals surface area contributed by atoms with Crippen molar-refractivity contribution < 1.29 is 27.9 Å². The number of amides is 4. The van der Waals surface area contributed by atoms with Crippen LogP contribution in [0.25, 0.3) is 0 Å². The van der Waals surface area contributed by atoms with Gasteiger partial charge < -0.3 is 15.0 Å². The Balaban J connectivity index is 1.65. The maximum Gasteiger partial charge on any atom is 0.387 e. The smallest absolute Gasteiger partial charge is 0.387 e. The number of ether oxygens (including phenoxy) is 1. The van der Waals surface area contributed by atoms with Crippen molar-refractivity contribution in [2.24, 2.45) is 0 Å². The first kappa shape index (κ1) is 22.7. The van der Waals surface area contributed by atoms with E-state index in [-0.39, 0.29) is 12.3 Å². The zero-order valence-electron chi connectivity index (χ0n) is 16.8. The van der Waals surface area contributed by atoms with Gasteiger partial charge in [0, 0.05) is 18.1 Å². The van der Waals surface area contributed by atoms with Crippen molar-refractivity contribution in [3.63, 3.8) is 0 Å². The van der Waals surface area contributed by atoms with Crippen LogP contribution < -0.4 is 10.1 Å². The second-order valence-electron chi connectivity index (χ2n) is 7.23. The van der Waals surface area contributed by atoms with Gasteiger partial charge in [0.1, 0.15) is 17.8 Å². The van der Waals surface area contributed by atoms with E-state index in [1.54, 1.807) is 43.3 Å². The van der Waals surface area contributed by atoms with Crippen molar-refractivity contribution in [2.75, 3.05) is 13.6 Å². The van der Waals surface area contributed by atoms with Crippen molar-refractivity contribution in [1.29, 1.82) is 0 Å². The number of nitrogens with zero attached hydrogens (tertiary/aromatic N) is 2. The summed E-state index contributed by atoms with van der Waals surface area (Å²) in [5.41, 5.74) is -0.0106. The molecule has 1 aliphatic rings. The van der Waals surface area contributed by atoms with Gasteiger partial charge in [-0.15, -0.1) is 0 Å². The maximum absolute atomic E-state index is 13.0. The van der Waals surface area contributed by atoms with Gasteiger partial charge in [-0.25, -0.2) is 4.79 Å². The fourth-order valence-corrected chi connectivity index (χ4v) is 3.63. The largest absolute Gasteiger partial charge is 0.435 e. The number of hydrogen-bond donors (Lipinski definition) is 1. The Morgan fingerprint density at radius 2 is 1.90 bits per heavy atom. The number of nitrogens with one attached hydrogen (secondary N) is 1. The first-order chi connectivity index (χ1) is 14.6. The first-order valence-corrected chi connectivity index (χ1v) is 10.1. The number of likely N-dealkylation sites (N-methyl/N-ethyl adjacent to an activating group) is 1. The number of urea groups is 1. The lowest BCUT2D eigenvalue weighted by molar-refractivity contribution is -0.138. The summed E-state index contributed by atoms with van der Waals surface area (Å²) in [4.78, 5) is 40.3. The summed E-state index contributed by atoms with van der Waals surface area (Å²) < 4.78 is 29.5. The summed E-state index contributed by atoms with van der Waals surface area (Å²) in [5, 5.41) is 2.66. The van der Waals surface area contributed by atoms with Crippen LogP contribution in [0.4, 0.5) is 13.6 Å². The predicted octanol–water partition coefficient (Wildman–Crippen LogP) is 3.48. The summed E-state index contributed by atoms with van der Waals surface area (Å²) in [6.45, 7) is -1.58. The average Bonchev–Trinajstić information content (AvgIpc) is 2.93. The van der Waals surface area contributed by atoms with Crippen LogP contribution in [0, 0.1) is 0 Å². The molecule has 3 rings (SSSR count). The Morgan fingerprint density at radius 1 is 1.23 bits per heavy atom. The molecular formula is C21H20BrF2N3O4. The number of imide groups is 1. The topological polar surface area (TPSA) is 79.0 Å². The molecule has 0 saturated carbocycles. The van der Waals surface area contributed by atoms with Crippen LogP contribution in [-0.2, 0) is 21.7 Å². The minimum Gasteiger partial charge on any atom is -0.435 e. The van der Waals surface area contributed by atoms with Crippen LogP contribution in [0.15, 0.2) is 53.0 Å². The quantitative estimate of drug-likeness (QED) is 0.596. The third-order valence-corrected chi connectivity index (χ3v) is 5.46. The molecule has 1 atom stereocenters. The van der Waals surface area contributed by atoms with E-state index in [0.717, 1.165) is 9.37 Å². The Kier molecular flexibility index (Phi) is 6.59. The van der Waals surface area contributed by atoms with E-state index in [0.29, 0.717) is 11.1 Å². The molecule has 1 heterocycles. The van der Waals surface area contributed by atoms with Crippen LogP contribution >= 0.6 is 15.9 Å². The molecule has 0 radical (unpaired) electrons. The van der Waals surface area contributed by atoms with Gasteiger partial charge in [-0.3, -0.25) is 14.5 Å². The molecule has 7 nitrogen and oxygen atoms in total. The van der Waals surface area contributed by atoms with Gasteiger partial charge in [-0.05, 0) is 42.3 Å². The monoisotopic (exact) mass is 495 g/mol. The van der Waals surface area contributed by atoms with E-state index in [1.165, 1.54) is 24.1 Å². The molecule has 1 unspecified atom stereocenters. The number of hydrogen-bond acceptors (Lipinski definition) is 4. The predicted molar refractivity (Wildman–Crippen MR) is 111 cm³/mol. The van der Waals surface area contributed by atoms with E-state index in [9.17, 15) is 23.2 Å². The lowest BCUT2D eigenvalue weighted by Gasteiger charge is -2.23. The summed E-state index contributed by atoms with van der Waals surface area (Å²) in [7, 11) is 1.53. The molecule has 4 amide bonds. The average molecular weight is 496 g/mol. The summed E-state index contributed by atoms with van der Waals surface area (Å²) in [6, 6.07) is 12.2. The van der Waals surface area contributed by atoms with Crippen LogP contribution in [-0.4, -0.2) is 47.8 Å². The Morgan fingerprint density at radius 3 is 2.52 bits per heavy atom. The minimum absolute atomic E-state index is 0.0129. The van der Waals surface area contributed by atoms with Crippen LogP contribution in [0.1, 0.15) is 18.1 Å². The van der Waals surface area contributed by atoms with E-state index in [4.69, 9.17) is 0 Å². The van der Waals surface area contributed by atoms with Crippen LogP contribution in [0.5, 0.6) is 5.75 Å². The maximum atomic E-state index is 13.0. The molecule has 0 aromatic heterocycles. The molecule has 0 bridgehead atoms. The lowest BCUT2D eigenvalue weighted by atomic mass is 9.92. The molecule has 2 aromatic rings. The summed E-state index contributed by atoms with van der Waals surface area (Å²) in [5.74, 6) is -0.959. The molecule has 164 valence electrons. The molecule has 0 spiro atoms. The van der Waals surface area contributed by atoms with Crippen molar-refractivity contribution in [3.8, 4) is 5.75 Å². The molecule has 0 aliphatic carbocycles. The van der Waals surface area contributed by atoms with Crippen molar-refractivity contribution >= 4 is 33.8 Å². The molecule has 1 aliphatic heterocycles. The second-order valence-corrected chi connectivity index (χ2v) is 8.14. The van der Waals surface area contributed by atoms with Gasteiger partial charge >= 0.3 is 12.6 Å². The second kappa shape index (κ2) is 9.01. The first-order valence-electron chi connectivity index (χ1n) is 9.28. The highest BCUT2D eigenvalue weighted by molar-refractivity contribution is 9.10. The highest BCUT2D eigenvalue weighted by atomic mass is 79.9. The molecular weight excluding hydrogens is 476 g/mol. The van der Waals surface area contributed by atoms with Crippen LogP contribution in [0.3, 0.4) is 0 Å². The van der Waals surface area contributed by atoms with Crippen LogP contribution in [0.2, 0.25) is 0 Å². The number of carbonyl (C=O) groups excluding carboxylic acids is 3. The highest BCUT2D eigenvalue weighted by Gasteiger charge is 2.49. The SMILES string of the molecule is CN(Cc1ccc(OC(F)F)cc1)C(=O)CN1C(=O)NC(C)(c2cccc(Br)c2)C1=O. The third-order valence-electron chi connectivity index (χ3n) is 4.96. The number of carbonyl (C=O) groups is 3. The zero-order valence-corrected chi connectivity index (χ0v) is 18.4. The molecule has 1 saturated heterocycles. The normalized spacial score (nSPS) is 18.3. The fraction of sp³-hybridized carbons (Fsp3) is 0.286. The number of rotatable bonds is 7. The van der Waals surface area contributed by atoms with Gasteiger partial charge in [0.2, 0.25) is 5.91 Å². The van der Waals surface area contributed by atoms with Crippen molar-refractivity contribution in [1.82, 2.24) is 15.1 Å². The van der Waals surface area contributed by atoms with E-state index in [1.807, 2.05) is 0 Å². The van der Waals surface area contributed by atoms with Gasteiger partial charge in [-0.1, -0.05) is 40.2 Å². The van der Waals surface area contributed by atoms with Gasteiger partial charge in [0.25, 0.3) is 5.91 Å². The minimum atomic E-state index is -2.91.